The number of nitrogens with one attached hydrogen (secondary N) is 2. The third kappa shape index (κ3) is 5.39. The largest absolute Gasteiger partial charge is 0.300 e. The van der Waals surface area contributed by atoms with E-state index in [1.165, 1.54) is 22.7 Å². The standard InChI is InChI=1S/C25H24N8O2S2/c34-19(9-17-5-1-3-7-26-17)28-23-32-30-21(36-23)15-11-25(12-15)13-16(14-25)22-31-33-24(37-22)29-20(35)10-18-6-2-4-8-27-18/h1-8,15-16H,9-14H2,(H,28,32,34)(H,29,33,35)/t15-,16-,25?. The number of pyridine rings is 2. The monoisotopic (exact) mass is 532 g/mol. The summed E-state index contributed by atoms with van der Waals surface area (Å²) in [6.45, 7) is 0. The van der Waals surface area contributed by atoms with Crippen molar-refractivity contribution < 1.29 is 9.59 Å². The Labute approximate surface area is 221 Å². The lowest BCUT2D eigenvalue weighted by molar-refractivity contribution is -0.116. The van der Waals surface area contributed by atoms with Crippen molar-refractivity contribution >= 4 is 44.8 Å². The van der Waals surface area contributed by atoms with Gasteiger partial charge in [-0.25, -0.2) is 0 Å². The zero-order chi connectivity index (χ0) is 25.2. The summed E-state index contributed by atoms with van der Waals surface area (Å²) in [6, 6.07) is 11.0. The van der Waals surface area contributed by atoms with Crippen LogP contribution >= 0.6 is 22.7 Å². The van der Waals surface area contributed by atoms with Crippen LogP contribution in [0.15, 0.2) is 48.8 Å². The average molecular weight is 533 g/mol. The Hall–Kier alpha value is -3.64. The number of carbonyl (C=O) groups is 2. The van der Waals surface area contributed by atoms with Crippen molar-refractivity contribution in [2.75, 3.05) is 10.6 Å². The fraction of sp³-hybridized carbons (Fsp3) is 0.360. The second kappa shape index (κ2) is 10.0. The zero-order valence-corrected chi connectivity index (χ0v) is 21.5. The first kappa shape index (κ1) is 23.7. The molecule has 10 nitrogen and oxygen atoms in total. The van der Waals surface area contributed by atoms with Crippen LogP contribution in [0.2, 0.25) is 0 Å². The van der Waals surface area contributed by atoms with E-state index in [-0.39, 0.29) is 24.7 Å². The molecule has 4 aromatic rings. The summed E-state index contributed by atoms with van der Waals surface area (Å²) >= 11 is 2.92. The molecule has 4 aromatic heterocycles. The minimum Gasteiger partial charge on any atom is -0.300 e. The average Bonchev–Trinajstić information content (AvgIpc) is 3.48. The molecule has 0 unspecified atom stereocenters. The van der Waals surface area contributed by atoms with Crippen molar-refractivity contribution in [3.05, 3.63) is 70.2 Å². The van der Waals surface area contributed by atoms with Gasteiger partial charge in [-0.1, -0.05) is 34.8 Å². The molecular weight excluding hydrogens is 508 g/mol. The van der Waals surface area contributed by atoms with Crippen LogP contribution in [0.5, 0.6) is 0 Å². The Kier molecular flexibility index (Phi) is 6.43. The SMILES string of the molecule is O=C(Cc1ccccn1)Nc1nnc([C@H]2CC3(C[C@H](c4nnc(NC(=O)Cc5ccccn5)s4)C3)C2)s1. The van der Waals surface area contributed by atoms with E-state index in [4.69, 9.17) is 0 Å². The van der Waals surface area contributed by atoms with Gasteiger partial charge in [-0.2, -0.15) is 0 Å². The summed E-state index contributed by atoms with van der Waals surface area (Å²) < 4.78 is 0. The molecule has 2 fully saturated rings. The van der Waals surface area contributed by atoms with Gasteiger partial charge >= 0.3 is 0 Å². The molecule has 37 heavy (non-hydrogen) atoms. The molecule has 0 bridgehead atoms. The quantitative estimate of drug-likeness (QED) is 0.348. The molecule has 2 aliphatic rings. The van der Waals surface area contributed by atoms with Crippen molar-refractivity contribution in [1.29, 1.82) is 0 Å². The second-order valence-corrected chi connectivity index (χ2v) is 11.7. The molecular formula is C25H24N8O2S2. The van der Waals surface area contributed by atoms with E-state index < -0.39 is 0 Å². The predicted octanol–water partition coefficient (Wildman–Crippen LogP) is 3.98. The predicted molar refractivity (Wildman–Crippen MR) is 139 cm³/mol. The normalized spacial score (nSPS) is 22.2. The van der Waals surface area contributed by atoms with Crippen LogP contribution in [0.1, 0.15) is 58.9 Å². The van der Waals surface area contributed by atoms with Gasteiger partial charge in [-0.05, 0) is 55.4 Å². The molecule has 2 saturated carbocycles. The number of carbonyl (C=O) groups excluding carboxylic acids is 2. The van der Waals surface area contributed by atoms with E-state index in [0.29, 0.717) is 27.5 Å². The summed E-state index contributed by atoms with van der Waals surface area (Å²) in [6.07, 6.45) is 8.08. The molecule has 12 heteroatoms. The highest BCUT2D eigenvalue weighted by molar-refractivity contribution is 7.15. The minimum atomic E-state index is -0.141. The van der Waals surface area contributed by atoms with E-state index in [9.17, 15) is 9.59 Å². The Morgan fingerprint density at radius 3 is 1.59 bits per heavy atom. The molecule has 4 heterocycles. The molecule has 0 aromatic carbocycles. The number of anilines is 2. The van der Waals surface area contributed by atoms with Crippen LogP contribution in [0, 0.1) is 5.41 Å². The minimum absolute atomic E-state index is 0.141. The fourth-order valence-corrected chi connectivity index (χ4v) is 6.93. The lowest BCUT2D eigenvalue weighted by Crippen LogP contribution is -2.45. The van der Waals surface area contributed by atoms with Gasteiger partial charge in [0.15, 0.2) is 0 Å². The number of hydrogen-bond donors (Lipinski definition) is 2. The van der Waals surface area contributed by atoms with Crippen molar-refractivity contribution in [3.8, 4) is 0 Å². The summed E-state index contributed by atoms with van der Waals surface area (Å²) in [5, 5.41) is 25.7. The number of rotatable bonds is 8. The Morgan fingerprint density at radius 2 is 1.19 bits per heavy atom. The highest BCUT2D eigenvalue weighted by Crippen LogP contribution is 2.66. The van der Waals surface area contributed by atoms with Crippen molar-refractivity contribution in [3.63, 3.8) is 0 Å². The maximum atomic E-state index is 12.3. The third-order valence-electron chi connectivity index (χ3n) is 6.93. The molecule has 2 N–H and O–H groups in total. The molecule has 0 atom stereocenters. The van der Waals surface area contributed by atoms with Crippen LogP contribution in [0.3, 0.4) is 0 Å². The second-order valence-electron chi connectivity index (χ2n) is 9.69. The van der Waals surface area contributed by atoms with Crippen LogP contribution < -0.4 is 10.6 Å². The molecule has 0 saturated heterocycles. The van der Waals surface area contributed by atoms with Gasteiger partial charge < -0.3 is 10.6 Å². The molecule has 2 amide bonds. The smallest absolute Gasteiger partial charge is 0.232 e. The number of aromatic nitrogens is 6. The first-order valence-electron chi connectivity index (χ1n) is 12.1. The van der Waals surface area contributed by atoms with E-state index in [0.717, 1.165) is 47.1 Å². The molecule has 1 spiro atoms. The van der Waals surface area contributed by atoms with Gasteiger partial charge in [0, 0.05) is 35.6 Å². The molecule has 2 aliphatic carbocycles. The molecule has 0 aliphatic heterocycles. The van der Waals surface area contributed by atoms with E-state index in [2.05, 4.69) is 41.0 Å². The molecule has 6 rings (SSSR count). The lowest BCUT2D eigenvalue weighted by atomic mass is 9.48. The van der Waals surface area contributed by atoms with Crippen molar-refractivity contribution in [1.82, 2.24) is 30.4 Å². The summed E-state index contributed by atoms with van der Waals surface area (Å²) in [5.74, 6) is 0.488. The summed E-state index contributed by atoms with van der Waals surface area (Å²) in [4.78, 5) is 32.9. The molecule has 188 valence electrons. The summed E-state index contributed by atoms with van der Waals surface area (Å²) in [7, 11) is 0. The van der Waals surface area contributed by atoms with Gasteiger partial charge in [-0.3, -0.25) is 19.6 Å². The Bertz CT molecular complexity index is 1290. The van der Waals surface area contributed by atoms with Gasteiger partial charge in [0.1, 0.15) is 10.0 Å². The topological polar surface area (TPSA) is 136 Å². The van der Waals surface area contributed by atoms with Gasteiger partial charge in [0.2, 0.25) is 22.1 Å². The zero-order valence-electron chi connectivity index (χ0n) is 19.8. The highest BCUT2D eigenvalue weighted by atomic mass is 32.1. The van der Waals surface area contributed by atoms with E-state index in [1.54, 1.807) is 12.4 Å². The maximum absolute atomic E-state index is 12.3. The van der Waals surface area contributed by atoms with Gasteiger partial charge in [-0.15, -0.1) is 20.4 Å². The number of hydrogen-bond acceptors (Lipinski definition) is 10. The van der Waals surface area contributed by atoms with Crippen LogP contribution in [0.4, 0.5) is 10.3 Å². The fourth-order valence-electron chi connectivity index (χ4n) is 5.22. The maximum Gasteiger partial charge on any atom is 0.232 e. The number of amides is 2. The third-order valence-corrected chi connectivity index (χ3v) is 8.93. The van der Waals surface area contributed by atoms with E-state index >= 15 is 0 Å². The van der Waals surface area contributed by atoms with Crippen LogP contribution in [0.25, 0.3) is 0 Å². The Morgan fingerprint density at radius 1 is 0.730 bits per heavy atom. The van der Waals surface area contributed by atoms with Crippen LogP contribution in [-0.2, 0) is 22.4 Å². The first-order valence-corrected chi connectivity index (χ1v) is 13.7. The summed E-state index contributed by atoms with van der Waals surface area (Å²) in [5.41, 5.74) is 1.77. The van der Waals surface area contributed by atoms with Gasteiger partial charge in [0.05, 0.1) is 12.8 Å². The molecule has 0 radical (unpaired) electrons. The Balaban J connectivity index is 0.957. The van der Waals surface area contributed by atoms with Crippen LogP contribution in [-0.4, -0.2) is 42.2 Å². The van der Waals surface area contributed by atoms with Crippen molar-refractivity contribution in [2.24, 2.45) is 5.41 Å². The van der Waals surface area contributed by atoms with E-state index in [1.807, 2.05) is 36.4 Å². The van der Waals surface area contributed by atoms with Gasteiger partial charge in [0.25, 0.3) is 0 Å². The lowest BCUT2D eigenvalue weighted by Gasteiger charge is -2.56. The number of nitrogens with zero attached hydrogens (tertiary/aromatic N) is 6. The highest BCUT2D eigenvalue weighted by Gasteiger charge is 2.55. The van der Waals surface area contributed by atoms with Crippen molar-refractivity contribution in [2.45, 2.75) is 50.4 Å². The first-order chi connectivity index (χ1) is 18.0.